The number of hydrogen-bond acceptors (Lipinski definition) is 8. The number of rotatable bonds is 8. The van der Waals surface area contributed by atoms with Gasteiger partial charge in [-0.15, -0.1) is 0 Å². The smallest absolute Gasteiger partial charge is 0.252 e. The average Bonchev–Trinajstić information content (AvgIpc) is 3.16. The summed E-state index contributed by atoms with van der Waals surface area (Å²) in [5.41, 5.74) is 7.75. The Labute approximate surface area is 181 Å². The van der Waals surface area contributed by atoms with Gasteiger partial charge >= 0.3 is 0 Å². The zero-order valence-electron chi connectivity index (χ0n) is 18.6. The van der Waals surface area contributed by atoms with E-state index in [1.807, 2.05) is 25.1 Å². The van der Waals surface area contributed by atoms with Crippen LogP contribution in [0.2, 0.25) is 0 Å². The molecule has 3 unspecified atom stereocenters. The van der Waals surface area contributed by atoms with E-state index >= 15 is 0 Å². The number of methoxy groups -OCH3 is 5. The van der Waals surface area contributed by atoms with Crippen molar-refractivity contribution >= 4 is 5.91 Å². The minimum Gasteiger partial charge on any atom is -0.493 e. The first-order valence-corrected chi connectivity index (χ1v) is 9.81. The first kappa shape index (κ1) is 22.5. The van der Waals surface area contributed by atoms with Crippen LogP contribution in [0.5, 0.6) is 28.7 Å². The van der Waals surface area contributed by atoms with Crippen molar-refractivity contribution in [1.82, 2.24) is 16.2 Å². The number of ether oxygens (including phenoxy) is 5. The third-order valence-corrected chi connectivity index (χ3v) is 5.37. The number of nitrogens with one attached hydrogen (secondary N) is 3. The Hall–Kier alpha value is -3.17. The van der Waals surface area contributed by atoms with E-state index < -0.39 is 0 Å². The van der Waals surface area contributed by atoms with Crippen molar-refractivity contribution < 1.29 is 28.5 Å². The molecule has 1 aliphatic heterocycles. The van der Waals surface area contributed by atoms with Crippen molar-refractivity contribution in [3.63, 3.8) is 0 Å². The number of carbonyl (C=O) groups excluding carboxylic acids is 1. The van der Waals surface area contributed by atoms with Gasteiger partial charge in [-0.1, -0.05) is 6.07 Å². The van der Waals surface area contributed by atoms with E-state index in [0.29, 0.717) is 34.3 Å². The van der Waals surface area contributed by atoms with Gasteiger partial charge in [0.1, 0.15) is 6.17 Å². The number of benzene rings is 2. The van der Waals surface area contributed by atoms with E-state index in [4.69, 9.17) is 23.7 Å². The van der Waals surface area contributed by atoms with Crippen LogP contribution in [0.25, 0.3) is 0 Å². The fourth-order valence-electron chi connectivity index (χ4n) is 3.79. The van der Waals surface area contributed by atoms with Crippen molar-refractivity contribution in [1.29, 1.82) is 0 Å². The van der Waals surface area contributed by atoms with Crippen LogP contribution >= 0.6 is 0 Å². The molecular weight excluding hydrogens is 402 g/mol. The molecular formula is C22H29N3O6. The molecule has 0 saturated carbocycles. The lowest BCUT2D eigenvalue weighted by Gasteiger charge is -2.23. The molecule has 31 heavy (non-hydrogen) atoms. The van der Waals surface area contributed by atoms with Crippen LogP contribution in [-0.2, 0) is 0 Å². The number of amides is 1. The SMILES string of the molecule is COc1ccc(C2C(C)NNC2NC(=O)c2cc(OC)c(OC)c(OC)c2)cc1OC. The maximum atomic E-state index is 13.1. The Balaban J connectivity index is 1.87. The van der Waals surface area contributed by atoms with E-state index in [9.17, 15) is 4.79 Å². The zero-order valence-corrected chi connectivity index (χ0v) is 18.6. The van der Waals surface area contributed by atoms with Crippen molar-refractivity contribution in [2.24, 2.45) is 0 Å². The van der Waals surface area contributed by atoms with Crippen molar-refractivity contribution in [3.8, 4) is 28.7 Å². The molecule has 0 aromatic heterocycles. The summed E-state index contributed by atoms with van der Waals surface area (Å²) in [6, 6.07) is 9.05. The maximum absolute atomic E-state index is 13.1. The molecule has 2 aromatic carbocycles. The Bertz CT molecular complexity index is 910. The van der Waals surface area contributed by atoms with Crippen LogP contribution in [-0.4, -0.2) is 53.7 Å². The van der Waals surface area contributed by atoms with Gasteiger partial charge in [-0.2, -0.15) is 0 Å². The highest BCUT2D eigenvalue weighted by Crippen LogP contribution is 2.38. The summed E-state index contributed by atoms with van der Waals surface area (Å²) in [6.07, 6.45) is -0.361. The van der Waals surface area contributed by atoms with Gasteiger partial charge in [0.2, 0.25) is 5.75 Å². The van der Waals surface area contributed by atoms with Gasteiger partial charge in [-0.05, 0) is 36.8 Å². The minimum atomic E-state index is -0.361. The lowest BCUT2D eigenvalue weighted by molar-refractivity contribution is 0.0927. The molecule has 1 aliphatic rings. The molecule has 0 radical (unpaired) electrons. The second kappa shape index (κ2) is 9.76. The van der Waals surface area contributed by atoms with Crippen molar-refractivity contribution in [3.05, 3.63) is 41.5 Å². The van der Waals surface area contributed by atoms with Gasteiger partial charge in [-0.3, -0.25) is 10.2 Å². The van der Waals surface area contributed by atoms with Crippen LogP contribution in [0, 0.1) is 0 Å². The van der Waals surface area contributed by atoms with E-state index in [1.165, 1.54) is 21.3 Å². The Kier molecular flexibility index (Phi) is 7.09. The molecule has 9 nitrogen and oxygen atoms in total. The fourth-order valence-corrected chi connectivity index (χ4v) is 3.79. The van der Waals surface area contributed by atoms with Gasteiger partial charge < -0.3 is 29.0 Å². The van der Waals surface area contributed by atoms with Crippen LogP contribution in [0.1, 0.15) is 28.8 Å². The molecule has 1 amide bonds. The van der Waals surface area contributed by atoms with E-state index in [2.05, 4.69) is 16.2 Å². The predicted molar refractivity (Wildman–Crippen MR) is 115 cm³/mol. The van der Waals surface area contributed by atoms with Crippen molar-refractivity contribution in [2.75, 3.05) is 35.5 Å². The fraction of sp³-hybridized carbons (Fsp3) is 0.409. The monoisotopic (exact) mass is 431 g/mol. The third kappa shape index (κ3) is 4.47. The van der Waals surface area contributed by atoms with Gasteiger partial charge in [0.25, 0.3) is 5.91 Å². The Morgan fingerprint density at radius 1 is 0.806 bits per heavy atom. The van der Waals surface area contributed by atoms with Crippen LogP contribution in [0.15, 0.2) is 30.3 Å². The minimum absolute atomic E-state index is 0.0502. The molecule has 0 aliphatic carbocycles. The van der Waals surface area contributed by atoms with E-state index in [1.54, 1.807) is 26.4 Å². The first-order chi connectivity index (χ1) is 15.0. The van der Waals surface area contributed by atoms with Gasteiger partial charge in [0.15, 0.2) is 23.0 Å². The number of carbonyl (C=O) groups is 1. The molecule has 1 heterocycles. The standard InChI is InChI=1S/C22H29N3O6/c1-12-19(13-7-8-15(27-2)16(9-13)28-3)21(25-24-12)23-22(26)14-10-17(29-4)20(31-6)18(11-14)30-5/h7-12,19,21,24-25H,1-6H3,(H,23,26). The third-order valence-electron chi connectivity index (χ3n) is 5.37. The molecule has 9 heteroatoms. The normalized spacial score (nSPS) is 20.1. The summed E-state index contributed by atoms with van der Waals surface area (Å²) in [5, 5.41) is 3.04. The summed E-state index contributed by atoms with van der Waals surface area (Å²) in [6.45, 7) is 2.04. The van der Waals surface area contributed by atoms with Crippen LogP contribution in [0.3, 0.4) is 0 Å². The van der Waals surface area contributed by atoms with Gasteiger partial charge in [0, 0.05) is 17.5 Å². The highest BCUT2D eigenvalue weighted by Gasteiger charge is 2.36. The lowest BCUT2D eigenvalue weighted by atomic mass is 9.91. The molecule has 3 atom stereocenters. The Morgan fingerprint density at radius 3 is 1.97 bits per heavy atom. The summed E-state index contributed by atoms with van der Waals surface area (Å²) >= 11 is 0. The zero-order chi connectivity index (χ0) is 22.5. The van der Waals surface area contributed by atoms with Crippen LogP contribution < -0.4 is 39.9 Å². The van der Waals surface area contributed by atoms with Crippen molar-refractivity contribution in [2.45, 2.75) is 25.0 Å². The van der Waals surface area contributed by atoms with E-state index in [-0.39, 0.29) is 24.0 Å². The maximum Gasteiger partial charge on any atom is 0.252 e. The first-order valence-electron chi connectivity index (χ1n) is 9.81. The molecule has 1 saturated heterocycles. The highest BCUT2D eigenvalue weighted by molar-refractivity contribution is 5.96. The summed E-state index contributed by atoms with van der Waals surface area (Å²) in [7, 11) is 7.73. The molecule has 168 valence electrons. The molecule has 0 bridgehead atoms. The molecule has 2 aromatic rings. The molecule has 0 spiro atoms. The molecule has 3 N–H and O–H groups in total. The van der Waals surface area contributed by atoms with Crippen LogP contribution in [0.4, 0.5) is 0 Å². The largest absolute Gasteiger partial charge is 0.493 e. The molecule has 3 rings (SSSR count). The topological polar surface area (TPSA) is 99.3 Å². The van der Waals surface area contributed by atoms with Gasteiger partial charge in [0.05, 0.1) is 35.5 Å². The Morgan fingerprint density at radius 2 is 1.42 bits per heavy atom. The summed E-state index contributed by atoms with van der Waals surface area (Å²) in [4.78, 5) is 13.1. The lowest BCUT2D eigenvalue weighted by Crippen LogP contribution is -2.46. The predicted octanol–water partition coefficient (Wildman–Crippen LogP) is 2.07. The number of hydrazine groups is 1. The average molecular weight is 431 g/mol. The highest BCUT2D eigenvalue weighted by atomic mass is 16.5. The summed E-state index contributed by atoms with van der Waals surface area (Å²) in [5.74, 6) is 2.20. The number of hydrogen-bond donors (Lipinski definition) is 3. The quantitative estimate of drug-likeness (QED) is 0.584. The second-order valence-electron chi connectivity index (χ2n) is 7.08. The molecule has 1 fully saturated rings. The summed E-state index contributed by atoms with van der Waals surface area (Å²) < 4.78 is 26.8. The second-order valence-corrected chi connectivity index (χ2v) is 7.08. The van der Waals surface area contributed by atoms with E-state index in [0.717, 1.165) is 5.56 Å². The van der Waals surface area contributed by atoms with Gasteiger partial charge in [-0.25, -0.2) is 5.43 Å².